The van der Waals surface area contributed by atoms with Crippen molar-refractivity contribution in [2.75, 3.05) is 13.2 Å². The van der Waals surface area contributed by atoms with Crippen LogP contribution in [-0.2, 0) is 16.1 Å². The van der Waals surface area contributed by atoms with E-state index in [1.54, 1.807) is 20.8 Å². The Kier molecular flexibility index (Phi) is 5.90. The Balaban J connectivity index is 2.98. The predicted molar refractivity (Wildman–Crippen MR) is 79.5 cm³/mol. The lowest BCUT2D eigenvalue weighted by atomic mass is 9.79. The van der Waals surface area contributed by atoms with Crippen molar-refractivity contribution >= 4 is 11.9 Å². The highest BCUT2D eigenvalue weighted by Crippen LogP contribution is 2.28. The van der Waals surface area contributed by atoms with Gasteiger partial charge >= 0.3 is 5.97 Å². The number of carbonyl (C=O) groups excluding carboxylic acids is 1. The van der Waals surface area contributed by atoms with Gasteiger partial charge in [-0.3, -0.25) is 9.59 Å². The number of nitrogens with zero attached hydrogens (tertiary/aromatic N) is 1. The number of amides is 1. The standard InChI is InChI=1S/C16H23NO4/c1-16(2,3)13(15(20)21)14(19)17(9-10-18)11-12-7-5-4-6-8-12/h4-8,13,18H,9-11H2,1-3H3,(H,20,21). The second-order valence-corrected chi connectivity index (χ2v) is 6.11. The largest absolute Gasteiger partial charge is 0.481 e. The van der Waals surface area contributed by atoms with Gasteiger partial charge in [0.05, 0.1) is 6.61 Å². The van der Waals surface area contributed by atoms with Crippen molar-refractivity contribution in [2.24, 2.45) is 11.3 Å². The van der Waals surface area contributed by atoms with Crippen LogP contribution in [0.15, 0.2) is 30.3 Å². The fraction of sp³-hybridized carbons (Fsp3) is 0.500. The van der Waals surface area contributed by atoms with Crippen LogP contribution in [0.25, 0.3) is 0 Å². The van der Waals surface area contributed by atoms with Gasteiger partial charge < -0.3 is 15.1 Å². The van der Waals surface area contributed by atoms with Gasteiger partial charge in [-0.15, -0.1) is 0 Å². The quantitative estimate of drug-likeness (QED) is 0.783. The number of hydrogen-bond donors (Lipinski definition) is 2. The van der Waals surface area contributed by atoms with Crippen molar-refractivity contribution in [3.05, 3.63) is 35.9 Å². The number of carboxylic acids is 1. The zero-order chi connectivity index (χ0) is 16.0. The monoisotopic (exact) mass is 293 g/mol. The third-order valence-electron chi connectivity index (χ3n) is 3.26. The Morgan fingerprint density at radius 1 is 1.19 bits per heavy atom. The molecule has 1 rings (SSSR count). The molecular weight excluding hydrogens is 270 g/mol. The molecule has 0 saturated carbocycles. The number of aliphatic hydroxyl groups is 1. The Labute approximate surface area is 125 Å². The fourth-order valence-corrected chi connectivity index (χ4v) is 2.22. The fourth-order valence-electron chi connectivity index (χ4n) is 2.22. The summed E-state index contributed by atoms with van der Waals surface area (Å²) in [6.07, 6.45) is 0. The third kappa shape index (κ3) is 4.86. The van der Waals surface area contributed by atoms with Gasteiger partial charge in [0.2, 0.25) is 5.91 Å². The van der Waals surface area contributed by atoms with Crippen molar-refractivity contribution in [3.8, 4) is 0 Å². The molecule has 0 saturated heterocycles. The van der Waals surface area contributed by atoms with Gasteiger partial charge in [0.15, 0.2) is 0 Å². The molecule has 1 aromatic carbocycles. The molecule has 0 bridgehead atoms. The van der Waals surface area contributed by atoms with Crippen molar-refractivity contribution in [1.82, 2.24) is 4.90 Å². The summed E-state index contributed by atoms with van der Waals surface area (Å²) in [5, 5.41) is 18.5. The predicted octanol–water partition coefficient (Wildman–Crippen LogP) is 1.75. The van der Waals surface area contributed by atoms with Crippen molar-refractivity contribution in [3.63, 3.8) is 0 Å². The maximum atomic E-state index is 12.6. The number of benzene rings is 1. The summed E-state index contributed by atoms with van der Waals surface area (Å²) in [7, 11) is 0. The molecule has 5 heteroatoms. The van der Waals surface area contributed by atoms with E-state index in [9.17, 15) is 14.7 Å². The van der Waals surface area contributed by atoms with E-state index in [4.69, 9.17) is 5.11 Å². The molecule has 0 aliphatic heterocycles. The molecule has 116 valence electrons. The second-order valence-electron chi connectivity index (χ2n) is 6.11. The van der Waals surface area contributed by atoms with Crippen molar-refractivity contribution < 1.29 is 19.8 Å². The van der Waals surface area contributed by atoms with Gasteiger partial charge in [-0.25, -0.2) is 0 Å². The smallest absolute Gasteiger partial charge is 0.316 e. The number of carbonyl (C=O) groups is 2. The van der Waals surface area contributed by atoms with E-state index in [1.807, 2.05) is 30.3 Å². The van der Waals surface area contributed by atoms with E-state index in [2.05, 4.69) is 0 Å². The molecule has 0 heterocycles. The number of hydrogen-bond acceptors (Lipinski definition) is 3. The summed E-state index contributed by atoms with van der Waals surface area (Å²) >= 11 is 0. The lowest BCUT2D eigenvalue weighted by Gasteiger charge is -2.31. The van der Waals surface area contributed by atoms with Crippen LogP contribution in [0.4, 0.5) is 0 Å². The summed E-state index contributed by atoms with van der Waals surface area (Å²) in [4.78, 5) is 25.4. The van der Waals surface area contributed by atoms with Crippen LogP contribution in [0.1, 0.15) is 26.3 Å². The topological polar surface area (TPSA) is 77.8 Å². The normalized spacial score (nSPS) is 12.8. The van der Waals surface area contributed by atoms with Crippen molar-refractivity contribution in [1.29, 1.82) is 0 Å². The first-order chi connectivity index (χ1) is 9.77. The molecule has 0 fully saturated rings. The number of carboxylic acid groups (broad SMARTS) is 1. The van der Waals surface area contributed by atoms with Gasteiger partial charge in [-0.05, 0) is 11.0 Å². The summed E-state index contributed by atoms with van der Waals surface area (Å²) in [5.74, 6) is -2.73. The first kappa shape index (κ1) is 17.2. The van der Waals surface area contributed by atoms with Crippen LogP contribution in [-0.4, -0.2) is 40.1 Å². The van der Waals surface area contributed by atoms with E-state index in [1.165, 1.54) is 4.90 Å². The molecule has 0 radical (unpaired) electrons. The molecule has 0 aromatic heterocycles. The van der Waals surface area contributed by atoms with Gasteiger partial charge in [0.1, 0.15) is 5.92 Å². The SMILES string of the molecule is CC(C)(C)C(C(=O)O)C(=O)N(CCO)Cc1ccccc1. The lowest BCUT2D eigenvalue weighted by molar-refractivity contribution is -0.156. The van der Waals surface area contributed by atoms with E-state index in [0.29, 0.717) is 6.54 Å². The zero-order valence-corrected chi connectivity index (χ0v) is 12.7. The number of aliphatic carboxylic acids is 1. The minimum atomic E-state index is -1.14. The van der Waals surface area contributed by atoms with E-state index >= 15 is 0 Å². The van der Waals surface area contributed by atoms with E-state index < -0.39 is 23.2 Å². The second kappa shape index (κ2) is 7.22. The van der Waals surface area contributed by atoms with Gasteiger partial charge in [-0.1, -0.05) is 51.1 Å². The zero-order valence-electron chi connectivity index (χ0n) is 12.7. The van der Waals surface area contributed by atoms with Gasteiger partial charge in [-0.2, -0.15) is 0 Å². The molecule has 5 nitrogen and oxygen atoms in total. The highest BCUT2D eigenvalue weighted by molar-refractivity contribution is 5.97. The van der Waals surface area contributed by atoms with Crippen LogP contribution in [0.3, 0.4) is 0 Å². The highest BCUT2D eigenvalue weighted by atomic mass is 16.4. The summed E-state index contributed by atoms with van der Waals surface area (Å²) in [6, 6.07) is 9.32. The highest BCUT2D eigenvalue weighted by Gasteiger charge is 2.40. The molecule has 1 amide bonds. The van der Waals surface area contributed by atoms with E-state index in [-0.39, 0.29) is 13.2 Å². The van der Waals surface area contributed by atoms with Crippen LogP contribution in [0.5, 0.6) is 0 Å². The first-order valence-corrected chi connectivity index (χ1v) is 6.93. The van der Waals surface area contributed by atoms with Crippen LogP contribution < -0.4 is 0 Å². The molecule has 1 aromatic rings. The molecule has 0 aliphatic rings. The van der Waals surface area contributed by atoms with Crippen molar-refractivity contribution in [2.45, 2.75) is 27.3 Å². The molecule has 0 aliphatic carbocycles. The Morgan fingerprint density at radius 2 is 1.76 bits per heavy atom. The Hall–Kier alpha value is -1.88. The summed E-state index contributed by atoms with van der Waals surface area (Å²) < 4.78 is 0. The van der Waals surface area contributed by atoms with Gasteiger partial charge in [0.25, 0.3) is 0 Å². The average Bonchev–Trinajstić information content (AvgIpc) is 2.37. The molecule has 21 heavy (non-hydrogen) atoms. The average molecular weight is 293 g/mol. The first-order valence-electron chi connectivity index (χ1n) is 6.93. The van der Waals surface area contributed by atoms with Crippen LogP contribution in [0, 0.1) is 11.3 Å². The summed E-state index contributed by atoms with van der Waals surface area (Å²) in [6.45, 7) is 5.39. The molecular formula is C16H23NO4. The Morgan fingerprint density at radius 3 is 2.19 bits per heavy atom. The Bertz CT molecular complexity index is 479. The molecule has 1 atom stereocenters. The minimum Gasteiger partial charge on any atom is -0.481 e. The third-order valence-corrected chi connectivity index (χ3v) is 3.26. The number of rotatable bonds is 6. The van der Waals surface area contributed by atoms with Gasteiger partial charge in [0, 0.05) is 13.1 Å². The number of aliphatic hydroxyl groups excluding tert-OH is 1. The minimum absolute atomic E-state index is 0.119. The summed E-state index contributed by atoms with van der Waals surface area (Å²) in [5.41, 5.74) is 0.213. The van der Waals surface area contributed by atoms with Crippen LogP contribution >= 0.6 is 0 Å². The molecule has 0 spiro atoms. The lowest BCUT2D eigenvalue weighted by Crippen LogP contribution is -2.45. The van der Waals surface area contributed by atoms with E-state index in [0.717, 1.165) is 5.56 Å². The maximum absolute atomic E-state index is 12.6. The molecule has 2 N–H and O–H groups in total. The molecule has 1 unspecified atom stereocenters. The van der Waals surface area contributed by atoms with Crippen LogP contribution in [0.2, 0.25) is 0 Å². The maximum Gasteiger partial charge on any atom is 0.316 e.